The van der Waals surface area contributed by atoms with Crippen LogP contribution in [-0.2, 0) is 4.79 Å². The number of rotatable bonds is 5. The van der Waals surface area contributed by atoms with Crippen LogP contribution in [-0.4, -0.2) is 35.7 Å². The number of hydrogen-bond acceptors (Lipinski definition) is 4. The van der Waals surface area contributed by atoms with Crippen LogP contribution in [0.4, 0.5) is 0 Å². The minimum atomic E-state index is -1.48. The predicted molar refractivity (Wildman–Crippen MR) is 62.9 cm³/mol. The standard InChI is InChI=1S/C11H14BNO4/c14-11(13-9-3-4-9)7-17-10-5-1-8(2-6-10)12(15)16/h1-2,5-6,9,15-16H,3-4,7H2,(H,13,14). The van der Waals surface area contributed by atoms with Crippen molar-refractivity contribution in [1.29, 1.82) is 0 Å². The van der Waals surface area contributed by atoms with Crippen LogP contribution in [0, 0.1) is 0 Å². The van der Waals surface area contributed by atoms with Crippen molar-refractivity contribution >= 4 is 18.5 Å². The molecule has 0 unspecified atom stereocenters. The van der Waals surface area contributed by atoms with Crippen molar-refractivity contribution in [3.05, 3.63) is 24.3 Å². The Balaban J connectivity index is 1.79. The van der Waals surface area contributed by atoms with Crippen LogP contribution in [0.25, 0.3) is 0 Å². The zero-order chi connectivity index (χ0) is 12.3. The van der Waals surface area contributed by atoms with Gasteiger partial charge in [-0.3, -0.25) is 4.79 Å². The van der Waals surface area contributed by atoms with Crippen LogP contribution in [0.1, 0.15) is 12.8 Å². The Labute approximate surface area is 99.6 Å². The minimum absolute atomic E-state index is 0.0163. The molecule has 0 spiro atoms. The zero-order valence-corrected chi connectivity index (χ0v) is 9.30. The third-order valence-corrected chi connectivity index (χ3v) is 2.49. The fourth-order valence-corrected chi connectivity index (χ4v) is 1.38. The molecule has 1 aromatic rings. The summed E-state index contributed by atoms with van der Waals surface area (Å²) in [5, 5.41) is 20.6. The first-order valence-corrected chi connectivity index (χ1v) is 5.53. The Bertz CT molecular complexity index is 389. The Morgan fingerprint density at radius 1 is 1.35 bits per heavy atom. The van der Waals surface area contributed by atoms with E-state index in [0.29, 0.717) is 17.3 Å². The van der Waals surface area contributed by atoms with Crippen molar-refractivity contribution in [3.8, 4) is 5.75 Å². The van der Waals surface area contributed by atoms with Gasteiger partial charge in [0.1, 0.15) is 5.75 Å². The summed E-state index contributed by atoms with van der Waals surface area (Å²) in [7, 11) is -1.48. The lowest BCUT2D eigenvalue weighted by Gasteiger charge is -2.07. The van der Waals surface area contributed by atoms with Gasteiger partial charge < -0.3 is 20.1 Å². The van der Waals surface area contributed by atoms with Gasteiger partial charge in [0.25, 0.3) is 5.91 Å². The van der Waals surface area contributed by atoms with Gasteiger partial charge in [0, 0.05) is 6.04 Å². The van der Waals surface area contributed by atoms with Crippen molar-refractivity contribution < 1.29 is 19.6 Å². The smallest absolute Gasteiger partial charge is 0.484 e. The van der Waals surface area contributed by atoms with E-state index in [0.717, 1.165) is 12.8 Å². The maximum Gasteiger partial charge on any atom is 0.488 e. The second-order valence-corrected chi connectivity index (χ2v) is 4.07. The van der Waals surface area contributed by atoms with E-state index in [9.17, 15) is 4.79 Å². The van der Waals surface area contributed by atoms with Crippen LogP contribution in [0.5, 0.6) is 5.75 Å². The highest BCUT2D eigenvalue weighted by atomic mass is 16.5. The van der Waals surface area contributed by atoms with Crippen molar-refractivity contribution in [2.75, 3.05) is 6.61 Å². The maximum atomic E-state index is 11.3. The molecule has 0 aromatic heterocycles. The van der Waals surface area contributed by atoms with Crippen molar-refractivity contribution in [2.24, 2.45) is 0 Å². The Morgan fingerprint density at radius 2 is 2.00 bits per heavy atom. The topological polar surface area (TPSA) is 78.8 Å². The van der Waals surface area contributed by atoms with E-state index in [2.05, 4.69) is 5.32 Å². The van der Waals surface area contributed by atoms with Crippen LogP contribution in [0.3, 0.4) is 0 Å². The van der Waals surface area contributed by atoms with E-state index < -0.39 is 7.12 Å². The average molecular weight is 235 g/mol. The number of hydrogen-bond donors (Lipinski definition) is 3. The number of nitrogens with one attached hydrogen (secondary N) is 1. The third-order valence-electron chi connectivity index (χ3n) is 2.49. The molecule has 1 aliphatic rings. The molecule has 0 heterocycles. The molecule has 1 aromatic carbocycles. The number of carbonyl (C=O) groups is 1. The monoisotopic (exact) mass is 235 g/mol. The molecule has 17 heavy (non-hydrogen) atoms. The fourth-order valence-electron chi connectivity index (χ4n) is 1.38. The molecule has 6 heteroatoms. The molecule has 0 bridgehead atoms. The molecule has 1 saturated carbocycles. The molecule has 1 amide bonds. The Morgan fingerprint density at radius 3 is 2.53 bits per heavy atom. The van der Waals surface area contributed by atoms with Gasteiger partial charge in [0.2, 0.25) is 0 Å². The van der Waals surface area contributed by atoms with Crippen LogP contribution in [0.2, 0.25) is 0 Å². The molecule has 0 atom stereocenters. The molecule has 0 radical (unpaired) electrons. The number of benzene rings is 1. The summed E-state index contributed by atoms with van der Waals surface area (Å²) in [5.74, 6) is 0.402. The molecule has 0 aliphatic heterocycles. The lowest BCUT2D eigenvalue weighted by atomic mass is 9.80. The molecule has 5 nitrogen and oxygen atoms in total. The van der Waals surface area contributed by atoms with Crippen molar-refractivity contribution in [2.45, 2.75) is 18.9 Å². The van der Waals surface area contributed by atoms with Gasteiger partial charge in [0.05, 0.1) is 0 Å². The first kappa shape index (κ1) is 11.9. The van der Waals surface area contributed by atoms with E-state index in [4.69, 9.17) is 14.8 Å². The second kappa shape index (κ2) is 5.20. The molecule has 1 fully saturated rings. The molecular weight excluding hydrogens is 221 g/mol. The maximum absolute atomic E-state index is 11.3. The summed E-state index contributed by atoms with van der Waals surface area (Å²) in [6.45, 7) is -0.0163. The predicted octanol–water partition coefficient (Wildman–Crippen LogP) is -0.976. The van der Waals surface area contributed by atoms with Gasteiger partial charge in [-0.25, -0.2) is 0 Å². The van der Waals surface area contributed by atoms with Gasteiger partial charge in [-0.1, -0.05) is 12.1 Å². The summed E-state index contributed by atoms with van der Waals surface area (Å²) in [6.07, 6.45) is 2.10. The van der Waals surface area contributed by atoms with E-state index in [1.807, 2.05) is 0 Å². The van der Waals surface area contributed by atoms with E-state index in [-0.39, 0.29) is 12.5 Å². The average Bonchev–Trinajstić information content (AvgIpc) is 3.11. The number of carbonyl (C=O) groups excluding carboxylic acids is 1. The largest absolute Gasteiger partial charge is 0.488 e. The fraction of sp³-hybridized carbons (Fsp3) is 0.364. The summed E-state index contributed by atoms with van der Waals surface area (Å²) < 4.78 is 5.26. The molecule has 3 N–H and O–H groups in total. The minimum Gasteiger partial charge on any atom is -0.484 e. The first-order chi connectivity index (χ1) is 8.15. The van der Waals surface area contributed by atoms with Crippen LogP contribution in [0.15, 0.2) is 24.3 Å². The Hall–Kier alpha value is -1.53. The lowest BCUT2D eigenvalue weighted by molar-refractivity contribution is -0.123. The van der Waals surface area contributed by atoms with E-state index >= 15 is 0 Å². The summed E-state index contributed by atoms with van der Waals surface area (Å²) in [6, 6.07) is 6.61. The molecule has 1 aliphatic carbocycles. The van der Waals surface area contributed by atoms with E-state index in [1.165, 1.54) is 0 Å². The van der Waals surface area contributed by atoms with Gasteiger partial charge in [-0.15, -0.1) is 0 Å². The summed E-state index contributed by atoms with van der Waals surface area (Å²) >= 11 is 0. The van der Waals surface area contributed by atoms with Crippen LogP contribution >= 0.6 is 0 Å². The highest BCUT2D eigenvalue weighted by molar-refractivity contribution is 6.58. The van der Waals surface area contributed by atoms with Gasteiger partial charge in [-0.2, -0.15) is 0 Å². The second-order valence-electron chi connectivity index (χ2n) is 4.07. The van der Waals surface area contributed by atoms with Gasteiger partial charge in [0.15, 0.2) is 6.61 Å². The first-order valence-electron chi connectivity index (χ1n) is 5.53. The molecule has 0 saturated heterocycles. The summed E-state index contributed by atoms with van der Waals surface area (Å²) in [5.41, 5.74) is 0.389. The quantitative estimate of drug-likeness (QED) is 0.573. The molecular formula is C11H14BNO4. The van der Waals surface area contributed by atoms with Crippen molar-refractivity contribution in [3.63, 3.8) is 0 Å². The number of ether oxygens (including phenoxy) is 1. The van der Waals surface area contributed by atoms with E-state index in [1.54, 1.807) is 24.3 Å². The molecule has 90 valence electrons. The van der Waals surface area contributed by atoms with Gasteiger partial charge >= 0.3 is 7.12 Å². The molecule has 2 rings (SSSR count). The zero-order valence-electron chi connectivity index (χ0n) is 9.30. The van der Waals surface area contributed by atoms with Crippen molar-refractivity contribution in [1.82, 2.24) is 5.32 Å². The number of amides is 1. The highest BCUT2D eigenvalue weighted by Crippen LogP contribution is 2.18. The lowest BCUT2D eigenvalue weighted by Crippen LogP contribution is -2.31. The summed E-state index contributed by atoms with van der Waals surface area (Å²) in [4.78, 5) is 11.3. The van der Waals surface area contributed by atoms with Gasteiger partial charge in [-0.05, 0) is 30.4 Å². The normalized spacial score (nSPS) is 14.2. The third kappa shape index (κ3) is 3.76. The SMILES string of the molecule is O=C(COc1ccc(B(O)O)cc1)NC1CC1. The van der Waals surface area contributed by atoms with Crippen LogP contribution < -0.4 is 15.5 Å². The highest BCUT2D eigenvalue weighted by Gasteiger charge is 2.23. The Kier molecular flexibility index (Phi) is 3.66.